The maximum absolute atomic E-state index is 13.2. The highest BCUT2D eigenvalue weighted by molar-refractivity contribution is 7.89. The molecule has 0 bridgehead atoms. The van der Waals surface area contributed by atoms with Gasteiger partial charge in [0.15, 0.2) is 0 Å². The summed E-state index contributed by atoms with van der Waals surface area (Å²) in [4.78, 5) is 25.8. The topological polar surface area (TPSA) is 96.0 Å². The van der Waals surface area contributed by atoms with Crippen LogP contribution in [0.5, 0.6) is 0 Å². The molecule has 2 amide bonds. The number of ether oxygens (including phenoxy) is 1. The Morgan fingerprint density at radius 2 is 1.66 bits per heavy atom. The van der Waals surface area contributed by atoms with E-state index in [1.807, 2.05) is 19.1 Å². The van der Waals surface area contributed by atoms with E-state index in [1.54, 1.807) is 19.1 Å². The highest BCUT2D eigenvalue weighted by Crippen LogP contribution is 2.31. The zero-order chi connectivity index (χ0) is 23.5. The molecular formula is C21H23Cl2N3O5S. The van der Waals surface area contributed by atoms with Gasteiger partial charge in [-0.3, -0.25) is 4.79 Å². The van der Waals surface area contributed by atoms with E-state index in [2.05, 4.69) is 5.32 Å². The number of aryl methyl sites for hydroxylation is 1. The molecule has 1 N–H and O–H groups in total. The second-order valence-electron chi connectivity index (χ2n) is 7.17. The third-order valence-corrected chi connectivity index (χ3v) is 7.63. The first-order valence-electron chi connectivity index (χ1n) is 9.92. The van der Waals surface area contributed by atoms with E-state index in [0.717, 1.165) is 5.56 Å². The van der Waals surface area contributed by atoms with Crippen molar-refractivity contribution in [2.75, 3.05) is 38.1 Å². The minimum atomic E-state index is -4.02. The van der Waals surface area contributed by atoms with Gasteiger partial charge in [0.25, 0.3) is 5.91 Å². The van der Waals surface area contributed by atoms with Crippen LogP contribution in [0.4, 0.5) is 10.5 Å². The number of carbonyl (C=O) groups excluding carboxylic acids is 2. The molecule has 0 atom stereocenters. The van der Waals surface area contributed by atoms with Gasteiger partial charge in [0.05, 0.1) is 22.2 Å². The highest BCUT2D eigenvalue weighted by Gasteiger charge is 2.33. The summed E-state index contributed by atoms with van der Waals surface area (Å²) in [5.41, 5.74) is 1.57. The first-order valence-corrected chi connectivity index (χ1v) is 12.1. The summed E-state index contributed by atoms with van der Waals surface area (Å²) in [5.74, 6) is -0.556. The van der Waals surface area contributed by atoms with Gasteiger partial charge in [0.2, 0.25) is 10.0 Å². The van der Waals surface area contributed by atoms with Crippen molar-refractivity contribution in [2.24, 2.45) is 0 Å². The van der Waals surface area contributed by atoms with Gasteiger partial charge in [-0.2, -0.15) is 4.31 Å². The van der Waals surface area contributed by atoms with Crippen molar-refractivity contribution in [2.45, 2.75) is 18.7 Å². The number of halogens is 2. The first-order chi connectivity index (χ1) is 15.1. The fourth-order valence-electron chi connectivity index (χ4n) is 3.20. The molecule has 11 heteroatoms. The molecule has 1 saturated heterocycles. The van der Waals surface area contributed by atoms with Gasteiger partial charge >= 0.3 is 6.09 Å². The summed E-state index contributed by atoms with van der Waals surface area (Å²) in [5, 5.41) is 2.65. The van der Waals surface area contributed by atoms with E-state index in [0.29, 0.717) is 5.69 Å². The fraction of sp³-hybridized carbons (Fsp3) is 0.333. The lowest BCUT2D eigenvalue weighted by molar-refractivity contribution is 0.0933. The molecule has 172 valence electrons. The van der Waals surface area contributed by atoms with Crippen molar-refractivity contribution in [3.05, 3.63) is 57.6 Å². The normalized spacial score (nSPS) is 14.8. The molecule has 1 aliphatic heterocycles. The highest BCUT2D eigenvalue weighted by atomic mass is 35.5. The van der Waals surface area contributed by atoms with E-state index < -0.39 is 22.0 Å². The van der Waals surface area contributed by atoms with Crippen molar-refractivity contribution >= 4 is 50.9 Å². The van der Waals surface area contributed by atoms with Gasteiger partial charge in [0, 0.05) is 31.9 Å². The van der Waals surface area contributed by atoms with Crippen LogP contribution in [0.2, 0.25) is 10.0 Å². The zero-order valence-corrected chi connectivity index (χ0v) is 19.9. The van der Waals surface area contributed by atoms with Crippen LogP contribution in [0.1, 0.15) is 22.8 Å². The number of nitrogens with one attached hydrogen (secondary N) is 1. The minimum absolute atomic E-state index is 0.0135. The standard InChI is InChI=1S/C21H23Cl2N3O5S/c1-3-31-21(28)25-8-10-26(11-9-25)32(29,30)19-12-16(17(22)13-18(19)23)20(27)24-15-6-4-14(2)5-7-15/h4-7,12-13H,3,8-11H2,1-2H3,(H,24,27). The molecule has 2 aromatic rings. The lowest BCUT2D eigenvalue weighted by Gasteiger charge is -2.33. The zero-order valence-electron chi connectivity index (χ0n) is 17.6. The Bertz CT molecular complexity index is 1120. The van der Waals surface area contributed by atoms with Crippen LogP contribution >= 0.6 is 23.2 Å². The van der Waals surface area contributed by atoms with Gasteiger partial charge in [-0.1, -0.05) is 40.9 Å². The maximum Gasteiger partial charge on any atom is 0.409 e. The SMILES string of the molecule is CCOC(=O)N1CCN(S(=O)(=O)c2cc(C(=O)Nc3ccc(C)cc3)c(Cl)cc2Cl)CC1. The van der Waals surface area contributed by atoms with Gasteiger partial charge in [0.1, 0.15) is 4.90 Å². The molecule has 1 fully saturated rings. The number of nitrogens with zero attached hydrogens (tertiary/aromatic N) is 2. The predicted octanol–water partition coefficient (Wildman–Crippen LogP) is 4.02. The molecule has 8 nitrogen and oxygen atoms in total. The Hall–Kier alpha value is -2.33. The summed E-state index contributed by atoms with van der Waals surface area (Å²) >= 11 is 12.4. The Kier molecular flexibility index (Phi) is 7.66. The molecule has 0 radical (unpaired) electrons. The molecule has 0 unspecified atom stereocenters. The lowest BCUT2D eigenvalue weighted by atomic mass is 10.2. The summed E-state index contributed by atoms with van der Waals surface area (Å²) < 4.78 is 32.6. The molecule has 0 spiro atoms. The summed E-state index contributed by atoms with van der Waals surface area (Å²) in [6.07, 6.45) is -0.482. The number of piperazine rings is 1. The molecule has 3 rings (SSSR count). The minimum Gasteiger partial charge on any atom is -0.450 e. The number of sulfonamides is 1. The van der Waals surface area contributed by atoms with Crippen molar-refractivity contribution in [1.29, 1.82) is 0 Å². The summed E-state index contributed by atoms with van der Waals surface area (Å²) in [7, 11) is -4.02. The third kappa shape index (κ3) is 5.35. The van der Waals surface area contributed by atoms with E-state index in [1.165, 1.54) is 21.3 Å². The molecular weight excluding hydrogens is 477 g/mol. The molecule has 0 aromatic heterocycles. The predicted molar refractivity (Wildman–Crippen MR) is 123 cm³/mol. The van der Waals surface area contributed by atoms with E-state index in [-0.39, 0.29) is 53.3 Å². The number of benzene rings is 2. The summed E-state index contributed by atoms with van der Waals surface area (Å²) in [6.45, 7) is 4.38. The monoisotopic (exact) mass is 499 g/mol. The number of carbonyl (C=O) groups is 2. The van der Waals surface area contributed by atoms with Crippen molar-refractivity contribution < 1.29 is 22.7 Å². The molecule has 0 saturated carbocycles. The Balaban J connectivity index is 1.82. The van der Waals surface area contributed by atoms with Crippen molar-refractivity contribution in [1.82, 2.24) is 9.21 Å². The number of hydrogen-bond acceptors (Lipinski definition) is 5. The molecule has 2 aromatic carbocycles. The molecule has 1 heterocycles. The fourth-order valence-corrected chi connectivity index (χ4v) is 5.46. The van der Waals surface area contributed by atoms with E-state index in [9.17, 15) is 18.0 Å². The number of rotatable bonds is 5. The lowest BCUT2D eigenvalue weighted by Crippen LogP contribution is -2.50. The van der Waals surface area contributed by atoms with Crippen LogP contribution in [0.3, 0.4) is 0 Å². The van der Waals surface area contributed by atoms with Crippen molar-refractivity contribution in [3.63, 3.8) is 0 Å². The van der Waals surface area contributed by atoms with Gasteiger partial charge in [-0.05, 0) is 38.1 Å². The number of hydrogen-bond donors (Lipinski definition) is 1. The Morgan fingerprint density at radius 3 is 2.25 bits per heavy atom. The largest absolute Gasteiger partial charge is 0.450 e. The molecule has 1 aliphatic rings. The van der Waals surface area contributed by atoms with Crippen LogP contribution < -0.4 is 5.32 Å². The van der Waals surface area contributed by atoms with Crippen LogP contribution in [0.15, 0.2) is 41.3 Å². The maximum atomic E-state index is 13.2. The Morgan fingerprint density at radius 1 is 1.03 bits per heavy atom. The molecule has 0 aliphatic carbocycles. The second kappa shape index (κ2) is 10.1. The number of anilines is 1. The summed E-state index contributed by atoms with van der Waals surface area (Å²) in [6, 6.07) is 9.57. The van der Waals surface area contributed by atoms with Crippen LogP contribution in [-0.2, 0) is 14.8 Å². The molecule has 32 heavy (non-hydrogen) atoms. The van der Waals surface area contributed by atoms with Crippen molar-refractivity contribution in [3.8, 4) is 0 Å². The van der Waals surface area contributed by atoms with E-state index in [4.69, 9.17) is 27.9 Å². The van der Waals surface area contributed by atoms with Crippen LogP contribution in [0.25, 0.3) is 0 Å². The van der Waals surface area contributed by atoms with Gasteiger partial charge in [-0.25, -0.2) is 13.2 Å². The van der Waals surface area contributed by atoms with Gasteiger partial charge in [-0.15, -0.1) is 0 Å². The van der Waals surface area contributed by atoms with E-state index >= 15 is 0 Å². The quantitative estimate of drug-likeness (QED) is 0.669. The van der Waals surface area contributed by atoms with Gasteiger partial charge < -0.3 is 15.0 Å². The average molecular weight is 500 g/mol. The third-order valence-electron chi connectivity index (χ3n) is 4.96. The van der Waals surface area contributed by atoms with Crippen LogP contribution in [0, 0.1) is 6.92 Å². The second-order valence-corrected chi connectivity index (χ2v) is 9.89. The average Bonchev–Trinajstić information content (AvgIpc) is 2.75. The van der Waals surface area contributed by atoms with Crippen LogP contribution in [-0.4, -0.2) is 62.4 Å². The Labute approximate surface area is 197 Å². The first kappa shape index (κ1) is 24.3. The number of amides is 2. The smallest absolute Gasteiger partial charge is 0.409 e.